The van der Waals surface area contributed by atoms with Gasteiger partial charge in [-0.15, -0.1) is 11.3 Å². The highest BCUT2D eigenvalue weighted by Crippen LogP contribution is 2.18. The first-order valence-electron chi connectivity index (χ1n) is 9.05. The molecule has 0 saturated heterocycles. The average molecular weight is 406 g/mol. The van der Waals surface area contributed by atoms with Gasteiger partial charge in [0.05, 0.1) is 16.9 Å². The number of carbonyl (C=O) groups excluding carboxylic acids is 1. The number of H-pyrrole nitrogens is 1. The van der Waals surface area contributed by atoms with E-state index in [2.05, 4.69) is 9.97 Å². The summed E-state index contributed by atoms with van der Waals surface area (Å²) in [5.41, 5.74) is 1.01. The van der Waals surface area contributed by atoms with Crippen molar-refractivity contribution in [2.45, 2.75) is 19.8 Å². The third-order valence-electron chi connectivity index (χ3n) is 4.54. The Morgan fingerprint density at radius 2 is 1.86 bits per heavy atom. The molecule has 0 amide bonds. The van der Waals surface area contributed by atoms with Crippen LogP contribution in [0.3, 0.4) is 0 Å². The maximum Gasteiger partial charge on any atom is 0.320 e. The lowest BCUT2D eigenvalue weighted by molar-refractivity contribution is 0.0986. The predicted octanol–water partition coefficient (Wildman–Crippen LogP) is 2.90. The first-order chi connectivity index (χ1) is 14.0. The molecule has 0 unspecified atom stereocenters. The quantitative estimate of drug-likeness (QED) is 0.394. The smallest absolute Gasteiger partial charge is 0.320 e. The molecule has 0 bridgehead atoms. The molecule has 3 heterocycles. The summed E-state index contributed by atoms with van der Waals surface area (Å²) in [5, 5.41) is 0. The number of nitrogens with one attached hydrogen (secondary N) is 1. The SMILES string of the molecule is Cc1ccc(C(=O)CCc2cn(-c3ccc(-n4cc[nH]c(=O)c4=O)cc3)cn2)s1. The number of hydrogen-bond acceptors (Lipinski definition) is 5. The second kappa shape index (κ2) is 7.84. The van der Waals surface area contributed by atoms with Crippen molar-refractivity contribution >= 4 is 17.1 Å². The van der Waals surface area contributed by atoms with Crippen molar-refractivity contribution in [2.24, 2.45) is 0 Å². The molecule has 4 aromatic rings. The number of thiophene rings is 1. The Morgan fingerprint density at radius 3 is 2.59 bits per heavy atom. The van der Waals surface area contributed by atoms with Crippen LogP contribution in [0.5, 0.6) is 0 Å². The van der Waals surface area contributed by atoms with E-state index in [1.807, 2.05) is 42.0 Å². The first kappa shape index (κ1) is 18.8. The summed E-state index contributed by atoms with van der Waals surface area (Å²) in [7, 11) is 0. The fraction of sp³-hybridized carbons (Fsp3) is 0.143. The van der Waals surface area contributed by atoms with Crippen LogP contribution in [0.25, 0.3) is 11.4 Å². The lowest BCUT2D eigenvalue weighted by Crippen LogP contribution is -2.34. The molecule has 0 radical (unpaired) electrons. The molecular weight excluding hydrogens is 388 g/mol. The predicted molar refractivity (Wildman–Crippen MR) is 111 cm³/mol. The van der Waals surface area contributed by atoms with Gasteiger partial charge in [-0.05, 0) is 49.7 Å². The minimum Gasteiger partial charge on any atom is -0.323 e. The molecule has 8 heteroatoms. The molecule has 0 fully saturated rings. The van der Waals surface area contributed by atoms with E-state index >= 15 is 0 Å². The second-order valence-corrected chi connectivity index (χ2v) is 7.87. The summed E-state index contributed by atoms with van der Waals surface area (Å²) in [5.74, 6) is 0.130. The monoisotopic (exact) mass is 406 g/mol. The van der Waals surface area contributed by atoms with Crippen LogP contribution >= 0.6 is 11.3 Å². The number of rotatable bonds is 6. The van der Waals surface area contributed by atoms with Crippen LogP contribution in [0.1, 0.15) is 26.7 Å². The Morgan fingerprint density at radius 1 is 1.10 bits per heavy atom. The third-order valence-corrected chi connectivity index (χ3v) is 5.58. The fourth-order valence-corrected chi connectivity index (χ4v) is 3.83. The number of hydrogen-bond donors (Lipinski definition) is 1. The van der Waals surface area contributed by atoms with E-state index in [-0.39, 0.29) is 5.78 Å². The number of nitrogens with zero attached hydrogens (tertiary/aromatic N) is 3. The number of benzene rings is 1. The highest BCUT2D eigenvalue weighted by Gasteiger charge is 2.10. The summed E-state index contributed by atoms with van der Waals surface area (Å²) in [6.07, 6.45) is 7.52. The molecule has 0 spiro atoms. The lowest BCUT2D eigenvalue weighted by atomic mass is 10.1. The van der Waals surface area contributed by atoms with Crippen molar-refractivity contribution in [1.82, 2.24) is 19.1 Å². The Hall–Kier alpha value is -3.52. The number of aromatic nitrogens is 4. The molecule has 1 aromatic carbocycles. The van der Waals surface area contributed by atoms with Crippen molar-refractivity contribution in [1.29, 1.82) is 0 Å². The fourth-order valence-electron chi connectivity index (χ4n) is 3.00. The van der Waals surface area contributed by atoms with Crippen molar-refractivity contribution < 1.29 is 4.79 Å². The van der Waals surface area contributed by atoms with Gasteiger partial charge in [-0.1, -0.05) is 0 Å². The van der Waals surface area contributed by atoms with Gasteiger partial charge in [-0.25, -0.2) is 4.98 Å². The molecule has 7 nitrogen and oxygen atoms in total. The largest absolute Gasteiger partial charge is 0.323 e. The molecule has 146 valence electrons. The molecule has 0 saturated carbocycles. The molecule has 29 heavy (non-hydrogen) atoms. The van der Waals surface area contributed by atoms with Gasteiger partial charge in [0.2, 0.25) is 0 Å². The summed E-state index contributed by atoms with van der Waals surface area (Å²) >= 11 is 1.51. The maximum atomic E-state index is 12.3. The Balaban J connectivity index is 1.46. The average Bonchev–Trinajstić information content (AvgIpc) is 3.38. The number of aromatic amines is 1. The molecule has 4 rings (SSSR count). The van der Waals surface area contributed by atoms with Gasteiger partial charge >= 0.3 is 11.1 Å². The zero-order valence-electron chi connectivity index (χ0n) is 15.7. The Labute approximate surface area is 169 Å². The van der Waals surface area contributed by atoms with E-state index in [0.29, 0.717) is 18.5 Å². The molecular formula is C21H18N4O3S. The van der Waals surface area contributed by atoms with Gasteiger partial charge in [0.15, 0.2) is 5.78 Å². The van der Waals surface area contributed by atoms with Gasteiger partial charge in [0.25, 0.3) is 0 Å². The van der Waals surface area contributed by atoms with Crippen molar-refractivity contribution in [3.63, 3.8) is 0 Å². The summed E-state index contributed by atoms with van der Waals surface area (Å²) in [4.78, 5) is 44.3. The summed E-state index contributed by atoms with van der Waals surface area (Å²) in [6.45, 7) is 1.99. The minimum absolute atomic E-state index is 0.130. The summed E-state index contributed by atoms with van der Waals surface area (Å²) in [6, 6.07) is 11.0. The van der Waals surface area contributed by atoms with Crippen LogP contribution < -0.4 is 11.1 Å². The van der Waals surface area contributed by atoms with E-state index in [1.165, 1.54) is 28.3 Å². The van der Waals surface area contributed by atoms with Gasteiger partial charge in [-0.3, -0.25) is 19.0 Å². The van der Waals surface area contributed by atoms with Crippen LogP contribution in [0.4, 0.5) is 0 Å². The van der Waals surface area contributed by atoms with Crippen LogP contribution in [-0.4, -0.2) is 24.9 Å². The standard InChI is InChI=1S/C21H18N4O3S/c1-14-2-9-19(29-14)18(26)8-3-15-12-24(13-23-15)16-4-6-17(7-5-16)25-11-10-22-20(27)21(25)28/h2,4-7,9-13H,3,8H2,1H3,(H,22,27). The van der Waals surface area contributed by atoms with Gasteiger partial charge in [0.1, 0.15) is 0 Å². The number of ketones is 1. The number of aryl methyl sites for hydroxylation is 2. The zero-order valence-corrected chi connectivity index (χ0v) is 16.5. The highest BCUT2D eigenvalue weighted by atomic mass is 32.1. The van der Waals surface area contributed by atoms with Crippen molar-refractivity contribution in [3.8, 4) is 11.4 Å². The first-order valence-corrected chi connectivity index (χ1v) is 9.86. The minimum atomic E-state index is -0.664. The molecule has 0 aliphatic carbocycles. The number of Topliss-reactive ketones (excluding diaryl/α,β-unsaturated/α-hetero) is 1. The molecule has 0 aliphatic heterocycles. The van der Waals surface area contributed by atoms with Crippen LogP contribution in [0.15, 0.2) is 70.9 Å². The van der Waals surface area contributed by atoms with Crippen LogP contribution in [0.2, 0.25) is 0 Å². The van der Waals surface area contributed by atoms with Crippen LogP contribution in [0, 0.1) is 6.92 Å². The normalized spacial score (nSPS) is 10.9. The van der Waals surface area contributed by atoms with Crippen molar-refractivity contribution in [3.05, 3.63) is 97.5 Å². The number of imidazole rings is 1. The highest BCUT2D eigenvalue weighted by molar-refractivity contribution is 7.14. The molecule has 0 atom stereocenters. The van der Waals surface area contributed by atoms with E-state index in [4.69, 9.17) is 0 Å². The third kappa shape index (κ3) is 4.02. The zero-order chi connectivity index (χ0) is 20.4. The van der Waals surface area contributed by atoms with Crippen molar-refractivity contribution in [2.75, 3.05) is 0 Å². The van der Waals surface area contributed by atoms with E-state index in [9.17, 15) is 14.4 Å². The van der Waals surface area contributed by atoms with Gasteiger partial charge in [0, 0.05) is 41.3 Å². The van der Waals surface area contributed by atoms with E-state index in [0.717, 1.165) is 21.1 Å². The second-order valence-electron chi connectivity index (χ2n) is 6.59. The Bertz CT molecular complexity index is 1280. The lowest BCUT2D eigenvalue weighted by Gasteiger charge is -2.06. The van der Waals surface area contributed by atoms with E-state index < -0.39 is 11.1 Å². The summed E-state index contributed by atoms with van der Waals surface area (Å²) < 4.78 is 3.15. The molecule has 1 N–H and O–H groups in total. The van der Waals surface area contributed by atoms with Crippen LogP contribution in [-0.2, 0) is 6.42 Å². The molecule has 0 aliphatic rings. The Kier molecular flexibility index (Phi) is 5.09. The van der Waals surface area contributed by atoms with Gasteiger partial charge < -0.3 is 9.55 Å². The molecule has 3 aromatic heterocycles. The van der Waals surface area contributed by atoms with Gasteiger partial charge in [-0.2, -0.15) is 0 Å². The maximum absolute atomic E-state index is 12.3. The van der Waals surface area contributed by atoms with E-state index in [1.54, 1.807) is 18.5 Å². The topological polar surface area (TPSA) is 89.8 Å². The number of carbonyl (C=O) groups is 1.